The van der Waals surface area contributed by atoms with Gasteiger partial charge in [-0.05, 0) is 34.6 Å². The average molecular weight is 391 g/mol. The van der Waals surface area contributed by atoms with Crippen molar-refractivity contribution in [2.24, 2.45) is 0 Å². The molecule has 0 spiro atoms. The molecule has 1 unspecified atom stereocenters. The Kier molecular flexibility index (Phi) is 4.79. The first-order chi connectivity index (χ1) is 12.8. The van der Waals surface area contributed by atoms with E-state index in [0.29, 0.717) is 11.3 Å². The zero-order chi connectivity index (χ0) is 20.9. The molecule has 0 radical (unpaired) electrons. The summed E-state index contributed by atoms with van der Waals surface area (Å²) >= 11 is 0. The molecule has 152 valence electrons. The molecule has 1 aliphatic rings. The number of phenols is 1. The van der Waals surface area contributed by atoms with Crippen LogP contribution in [-0.4, -0.2) is 33.6 Å². The summed E-state index contributed by atoms with van der Waals surface area (Å²) in [4.78, 5) is 24.3. The standard InChI is InChI=1S/C20H25NO7/c1-19(2,3)21-18(24)26-9-10-6-12(22)16-14(27-10)8-13-11(17(16)23)7-15(28-13)20(4,5)25/h6,8,15,23,25H,7,9H2,1-5H3,(H,21,24). The second-order valence-corrected chi connectivity index (χ2v) is 8.57. The molecule has 0 saturated heterocycles. The number of aliphatic hydroxyl groups is 1. The Morgan fingerprint density at radius 1 is 1.29 bits per heavy atom. The van der Waals surface area contributed by atoms with Crippen LogP contribution in [-0.2, 0) is 17.8 Å². The number of ether oxygens (including phenoxy) is 2. The molecule has 2 heterocycles. The van der Waals surface area contributed by atoms with E-state index in [9.17, 15) is 19.8 Å². The first-order valence-electron chi connectivity index (χ1n) is 9.01. The molecular weight excluding hydrogens is 366 g/mol. The zero-order valence-electron chi connectivity index (χ0n) is 16.6. The number of nitrogens with one attached hydrogen (secondary N) is 1. The largest absolute Gasteiger partial charge is 0.507 e. The Labute approximate surface area is 162 Å². The lowest BCUT2D eigenvalue weighted by molar-refractivity contribution is -0.0229. The maximum absolute atomic E-state index is 12.5. The quantitative estimate of drug-likeness (QED) is 0.736. The van der Waals surface area contributed by atoms with Gasteiger partial charge < -0.3 is 29.4 Å². The van der Waals surface area contributed by atoms with Crippen LogP contribution in [0.1, 0.15) is 45.9 Å². The molecule has 8 nitrogen and oxygen atoms in total. The van der Waals surface area contributed by atoms with Crippen molar-refractivity contribution in [1.82, 2.24) is 5.32 Å². The molecule has 0 fully saturated rings. The van der Waals surface area contributed by atoms with Crippen LogP contribution in [0.2, 0.25) is 0 Å². The minimum Gasteiger partial charge on any atom is -0.507 e. The van der Waals surface area contributed by atoms with Crippen LogP contribution < -0.4 is 15.5 Å². The molecule has 0 aliphatic carbocycles. The smallest absolute Gasteiger partial charge is 0.407 e. The van der Waals surface area contributed by atoms with Crippen molar-refractivity contribution < 1.29 is 28.9 Å². The third kappa shape index (κ3) is 4.06. The average Bonchev–Trinajstić information content (AvgIpc) is 2.95. The summed E-state index contributed by atoms with van der Waals surface area (Å²) in [5.74, 6) is 0.271. The van der Waals surface area contributed by atoms with Gasteiger partial charge in [0.05, 0.1) is 5.60 Å². The van der Waals surface area contributed by atoms with Gasteiger partial charge in [0.25, 0.3) is 0 Å². The number of fused-ring (bicyclic) bond motifs is 2. The van der Waals surface area contributed by atoms with Gasteiger partial charge in [0.15, 0.2) is 12.0 Å². The van der Waals surface area contributed by atoms with Crippen molar-refractivity contribution in [1.29, 1.82) is 0 Å². The van der Waals surface area contributed by atoms with Crippen LogP contribution in [0.25, 0.3) is 11.0 Å². The second-order valence-electron chi connectivity index (χ2n) is 8.57. The van der Waals surface area contributed by atoms with Gasteiger partial charge in [0, 0.05) is 29.7 Å². The Balaban J connectivity index is 1.90. The molecule has 1 atom stereocenters. The minimum absolute atomic E-state index is 0.0293. The molecule has 1 aromatic carbocycles. The maximum Gasteiger partial charge on any atom is 0.407 e. The van der Waals surface area contributed by atoms with E-state index in [1.807, 2.05) is 20.8 Å². The molecule has 0 bridgehead atoms. The lowest BCUT2D eigenvalue weighted by Crippen LogP contribution is -2.40. The molecule has 1 aromatic heterocycles. The highest BCUT2D eigenvalue weighted by Crippen LogP contribution is 2.42. The number of hydrogen-bond donors (Lipinski definition) is 3. The van der Waals surface area contributed by atoms with E-state index in [1.165, 1.54) is 12.1 Å². The third-order valence-corrected chi connectivity index (χ3v) is 4.38. The number of hydrogen-bond acceptors (Lipinski definition) is 7. The zero-order valence-corrected chi connectivity index (χ0v) is 16.6. The number of carbonyl (C=O) groups excluding carboxylic acids is 1. The normalized spacial score (nSPS) is 16.6. The summed E-state index contributed by atoms with van der Waals surface area (Å²) in [6, 6.07) is 2.69. The van der Waals surface area contributed by atoms with Crippen LogP contribution >= 0.6 is 0 Å². The highest BCUT2D eigenvalue weighted by Gasteiger charge is 2.37. The molecular formula is C20H25NO7. The number of amides is 1. The van der Waals surface area contributed by atoms with Gasteiger partial charge in [0.2, 0.25) is 0 Å². The van der Waals surface area contributed by atoms with Crippen molar-refractivity contribution >= 4 is 17.1 Å². The second kappa shape index (κ2) is 6.70. The number of benzene rings is 1. The Morgan fingerprint density at radius 3 is 2.57 bits per heavy atom. The van der Waals surface area contributed by atoms with Gasteiger partial charge in [-0.15, -0.1) is 0 Å². The van der Waals surface area contributed by atoms with Gasteiger partial charge in [-0.25, -0.2) is 4.79 Å². The van der Waals surface area contributed by atoms with Crippen molar-refractivity contribution in [3.8, 4) is 11.5 Å². The van der Waals surface area contributed by atoms with Gasteiger partial charge >= 0.3 is 6.09 Å². The topological polar surface area (TPSA) is 118 Å². The molecule has 0 saturated carbocycles. The van der Waals surface area contributed by atoms with E-state index in [0.717, 1.165) is 0 Å². The maximum atomic E-state index is 12.5. The van der Waals surface area contributed by atoms with E-state index < -0.39 is 28.8 Å². The van der Waals surface area contributed by atoms with Crippen molar-refractivity contribution in [3.63, 3.8) is 0 Å². The highest BCUT2D eigenvalue weighted by molar-refractivity contribution is 5.87. The molecule has 28 heavy (non-hydrogen) atoms. The summed E-state index contributed by atoms with van der Waals surface area (Å²) in [6.07, 6.45) is -0.912. The van der Waals surface area contributed by atoms with Crippen LogP contribution in [0.4, 0.5) is 4.79 Å². The molecule has 8 heteroatoms. The fraction of sp³-hybridized carbons (Fsp3) is 0.500. The van der Waals surface area contributed by atoms with Crippen LogP contribution in [0.15, 0.2) is 21.3 Å². The predicted octanol–water partition coefficient (Wildman–Crippen LogP) is 2.60. The van der Waals surface area contributed by atoms with Crippen molar-refractivity contribution in [2.75, 3.05) is 0 Å². The van der Waals surface area contributed by atoms with E-state index in [1.54, 1.807) is 13.8 Å². The van der Waals surface area contributed by atoms with Crippen LogP contribution in [0.5, 0.6) is 11.5 Å². The van der Waals surface area contributed by atoms with Gasteiger partial charge in [-0.3, -0.25) is 4.79 Å². The fourth-order valence-electron chi connectivity index (χ4n) is 3.00. The van der Waals surface area contributed by atoms with E-state index in [-0.39, 0.29) is 35.5 Å². The summed E-state index contributed by atoms with van der Waals surface area (Å²) in [6.45, 7) is 8.43. The van der Waals surface area contributed by atoms with Crippen molar-refractivity contribution in [3.05, 3.63) is 33.7 Å². The molecule has 1 amide bonds. The lowest BCUT2D eigenvalue weighted by Gasteiger charge is -2.24. The van der Waals surface area contributed by atoms with Crippen LogP contribution in [0.3, 0.4) is 0 Å². The number of rotatable bonds is 3. The summed E-state index contributed by atoms with van der Waals surface area (Å²) in [5.41, 5.74) is -1.45. The molecule has 3 N–H and O–H groups in total. The number of carbonyl (C=O) groups is 1. The van der Waals surface area contributed by atoms with E-state index in [2.05, 4.69) is 5.32 Å². The predicted molar refractivity (Wildman–Crippen MR) is 102 cm³/mol. The van der Waals surface area contributed by atoms with Crippen LogP contribution in [0, 0.1) is 0 Å². The third-order valence-electron chi connectivity index (χ3n) is 4.38. The minimum atomic E-state index is -1.12. The van der Waals surface area contributed by atoms with E-state index >= 15 is 0 Å². The fourth-order valence-corrected chi connectivity index (χ4v) is 3.00. The Morgan fingerprint density at radius 2 is 1.96 bits per heavy atom. The summed E-state index contributed by atoms with van der Waals surface area (Å²) in [5, 5.41) is 23.4. The Bertz CT molecular complexity index is 979. The highest BCUT2D eigenvalue weighted by atomic mass is 16.6. The summed E-state index contributed by atoms with van der Waals surface area (Å²) in [7, 11) is 0. The van der Waals surface area contributed by atoms with Gasteiger partial charge in [0.1, 0.15) is 34.3 Å². The number of alkyl carbamates (subject to hydrolysis) is 1. The van der Waals surface area contributed by atoms with E-state index in [4.69, 9.17) is 13.9 Å². The first kappa shape index (κ1) is 20.0. The SMILES string of the molecule is CC(C)(C)NC(=O)OCc1cc(=O)c2c(O)c3c(cc2o1)OC(C(C)(C)O)C3. The number of aromatic hydroxyl groups is 1. The monoisotopic (exact) mass is 391 g/mol. The first-order valence-corrected chi connectivity index (χ1v) is 9.01. The van der Waals surface area contributed by atoms with Gasteiger partial charge in [-0.1, -0.05) is 0 Å². The van der Waals surface area contributed by atoms with Gasteiger partial charge in [-0.2, -0.15) is 0 Å². The summed E-state index contributed by atoms with van der Waals surface area (Å²) < 4.78 is 16.5. The lowest BCUT2D eigenvalue weighted by atomic mass is 9.96. The Hall–Kier alpha value is -2.74. The molecule has 3 rings (SSSR count). The number of phenolic OH excluding ortho intramolecular Hbond substituents is 1. The molecule has 2 aromatic rings. The molecule has 1 aliphatic heterocycles. The van der Waals surface area contributed by atoms with Crippen molar-refractivity contribution in [2.45, 2.75) is 64.9 Å².